The summed E-state index contributed by atoms with van der Waals surface area (Å²) in [6, 6.07) is 9.05. The second-order valence-corrected chi connectivity index (χ2v) is 5.14. The van der Waals surface area contributed by atoms with Gasteiger partial charge in [-0.3, -0.25) is 4.79 Å². The minimum absolute atomic E-state index is 0.140. The Balaban J connectivity index is 2.01. The first kappa shape index (κ1) is 16.8. The summed E-state index contributed by atoms with van der Waals surface area (Å²) in [5.74, 6) is -2.21. The molecule has 0 aromatic heterocycles. The number of esters is 1. The molecular weight excluding hydrogens is 325 g/mol. The van der Waals surface area contributed by atoms with Gasteiger partial charge in [-0.2, -0.15) is 0 Å². The lowest BCUT2D eigenvalue weighted by atomic mass is 10.2. The fourth-order valence-corrected chi connectivity index (χ4v) is 1.90. The van der Waals surface area contributed by atoms with E-state index in [-0.39, 0.29) is 16.3 Å². The van der Waals surface area contributed by atoms with Gasteiger partial charge in [-0.25, -0.2) is 9.18 Å². The quantitative estimate of drug-likeness (QED) is 0.839. The summed E-state index contributed by atoms with van der Waals surface area (Å²) in [5.41, 5.74) is 0.226. The third-order valence-corrected chi connectivity index (χ3v) is 3.18. The topological polar surface area (TPSA) is 75.6 Å². The molecule has 0 saturated carbocycles. The van der Waals surface area contributed by atoms with E-state index in [0.29, 0.717) is 5.69 Å². The predicted octanol–water partition coefficient (Wildman–Crippen LogP) is 3.37. The third kappa shape index (κ3) is 4.43. The van der Waals surface area contributed by atoms with Crippen molar-refractivity contribution in [1.29, 1.82) is 0 Å². The van der Waals surface area contributed by atoms with Crippen LogP contribution in [-0.2, 0) is 9.53 Å². The lowest BCUT2D eigenvalue weighted by Gasteiger charge is -2.14. The van der Waals surface area contributed by atoms with E-state index < -0.39 is 23.8 Å². The molecule has 5 nitrogen and oxygen atoms in total. The zero-order valence-corrected chi connectivity index (χ0v) is 12.8. The van der Waals surface area contributed by atoms with Gasteiger partial charge in [0.15, 0.2) is 6.10 Å². The molecule has 2 N–H and O–H groups in total. The zero-order chi connectivity index (χ0) is 17.0. The number of aromatic hydroxyl groups is 1. The summed E-state index contributed by atoms with van der Waals surface area (Å²) in [5, 5.41) is 12.4. The normalized spacial score (nSPS) is 11.6. The highest BCUT2D eigenvalue weighted by molar-refractivity contribution is 6.31. The summed E-state index contributed by atoms with van der Waals surface area (Å²) in [4.78, 5) is 23.9. The molecule has 0 aliphatic carbocycles. The van der Waals surface area contributed by atoms with Crippen molar-refractivity contribution < 1.29 is 23.8 Å². The molecule has 1 atom stereocenters. The smallest absolute Gasteiger partial charge is 0.342 e. The number of phenolic OH excluding ortho intramolecular Hbond substituents is 1. The molecule has 0 fully saturated rings. The van der Waals surface area contributed by atoms with Crippen LogP contribution < -0.4 is 5.32 Å². The van der Waals surface area contributed by atoms with Crippen molar-refractivity contribution in [3.05, 3.63) is 58.9 Å². The van der Waals surface area contributed by atoms with Gasteiger partial charge >= 0.3 is 5.97 Å². The number of halogens is 2. The number of phenols is 1. The van der Waals surface area contributed by atoms with Gasteiger partial charge in [0, 0.05) is 10.7 Å². The highest BCUT2D eigenvalue weighted by atomic mass is 35.5. The average molecular weight is 338 g/mol. The Labute approximate surface area is 136 Å². The number of amides is 1. The van der Waals surface area contributed by atoms with Gasteiger partial charge < -0.3 is 15.2 Å². The maximum Gasteiger partial charge on any atom is 0.342 e. The minimum Gasteiger partial charge on any atom is -0.507 e. The number of benzene rings is 2. The Bertz CT molecular complexity index is 733. The molecular formula is C16H13ClFNO4. The van der Waals surface area contributed by atoms with Crippen LogP contribution in [0.2, 0.25) is 5.02 Å². The molecule has 2 rings (SSSR count). The van der Waals surface area contributed by atoms with Gasteiger partial charge in [-0.05, 0) is 49.4 Å². The molecule has 0 radical (unpaired) electrons. The van der Waals surface area contributed by atoms with Crippen molar-refractivity contribution in [1.82, 2.24) is 0 Å². The SMILES string of the molecule is C[C@@H](OC(=O)c1cc(Cl)ccc1O)C(=O)Nc1ccc(F)cc1. The molecule has 120 valence electrons. The molecule has 2 aromatic rings. The van der Waals surface area contributed by atoms with Crippen molar-refractivity contribution in [3.8, 4) is 5.75 Å². The molecule has 0 bridgehead atoms. The maximum atomic E-state index is 12.8. The van der Waals surface area contributed by atoms with E-state index in [2.05, 4.69) is 5.32 Å². The summed E-state index contributed by atoms with van der Waals surface area (Å²) in [6.45, 7) is 1.37. The fourth-order valence-electron chi connectivity index (χ4n) is 1.73. The predicted molar refractivity (Wildman–Crippen MR) is 83.0 cm³/mol. The zero-order valence-electron chi connectivity index (χ0n) is 12.0. The molecule has 0 unspecified atom stereocenters. The third-order valence-electron chi connectivity index (χ3n) is 2.94. The lowest BCUT2D eigenvalue weighted by Crippen LogP contribution is -2.30. The molecule has 2 aromatic carbocycles. The molecule has 0 aliphatic rings. The van der Waals surface area contributed by atoms with Crippen molar-refractivity contribution in [3.63, 3.8) is 0 Å². The van der Waals surface area contributed by atoms with Crippen LogP contribution in [0.15, 0.2) is 42.5 Å². The van der Waals surface area contributed by atoms with Crippen LogP contribution in [0.3, 0.4) is 0 Å². The molecule has 1 amide bonds. The van der Waals surface area contributed by atoms with E-state index in [1.165, 1.54) is 49.4 Å². The monoisotopic (exact) mass is 337 g/mol. The molecule has 0 spiro atoms. The van der Waals surface area contributed by atoms with Gasteiger partial charge in [0.2, 0.25) is 0 Å². The number of ether oxygens (including phenoxy) is 1. The van der Waals surface area contributed by atoms with Gasteiger partial charge in [0.25, 0.3) is 5.91 Å². The summed E-state index contributed by atoms with van der Waals surface area (Å²) >= 11 is 5.75. The first-order chi connectivity index (χ1) is 10.9. The molecule has 7 heteroatoms. The second kappa shape index (κ2) is 7.11. The van der Waals surface area contributed by atoms with Crippen LogP contribution in [0.25, 0.3) is 0 Å². The Kier molecular flexibility index (Phi) is 5.18. The van der Waals surface area contributed by atoms with Gasteiger partial charge in [-0.1, -0.05) is 11.6 Å². The van der Waals surface area contributed by atoms with Gasteiger partial charge in [0.05, 0.1) is 0 Å². The first-order valence-corrected chi connectivity index (χ1v) is 7.00. The molecule has 0 aliphatic heterocycles. The molecule has 0 saturated heterocycles. The summed E-state index contributed by atoms with van der Waals surface area (Å²) in [7, 11) is 0. The van der Waals surface area contributed by atoms with E-state index in [1.54, 1.807) is 0 Å². The van der Waals surface area contributed by atoms with Crippen LogP contribution in [0.1, 0.15) is 17.3 Å². The van der Waals surface area contributed by atoms with Gasteiger partial charge in [0.1, 0.15) is 17.1 Å². The van der Waals surface area contributed by atoms with Crippen LogP contribution in [0.4, 0.5) is 10.1 Å². The fraction of sp³-hybridized carbons (Fsp3) is 0.125. The maximum absolute atomic E-state index is 12.8. The minimum atomic E-state index is -1.12. The Morgan fingerprint density at radius 3 is 2.52 bits per heavy atom. The Morgan fingerprint density at radius 1 is 1.22 bits per heavy atom. The van der Waals surface area contributed by atoms with E-state index in [4.69, 9.17) is 16.3 Å². The van der Waals surface area contributed by atoms with Crippen LogP contribution in [-0.4, -0.2) is 23.1 Å². The average Bonchev–Trinajstić information content (AvgIpc) is 2.51. The van der Waals surface area contributed by atoms with E-state index >= 15 is 0 Å². The number of nitrogens with one attached hydrogen (secondary N) is 1. The number of anilines is 1. The second-order valence-electron chi connectivity index (χ2n) is 4.71. The van der Waals surface area contributed by atoms with Crippen molar-refractivity contribution >= 4 is 29.2 Å². The van der Waals surface area contributed by atoms with Crippen LogP contribution in [0.5, 0.6) is 5.75 Å². The summed E-state index contributed by atoms with van der Waals surface area (Å²) < 4.78 is 17.8. The molecule has 23 heavy (non-hydrogen) atoms. The number of carbonyl (C=O) groups excluding carboxylic acids is 2. The number of hydrogen-bond donors (Lipinski definition) is 2. The first-order valence-electron chi connectivity index (χ1n) is 6.63. The Morgan fingerprint density at radius 2 is 1.87 bits per heavy atom. The Hall–Kier alpha value is -2.60. The largest absolute Gasteiger partial charge is 0.507 e. The summed E-state index contributed by atoms with van der Waals surface area (Å²) in [6.07, 6.45) is -1.12. The molecule has 0 heterocycles. The van der Waals surface area contributed by atoms with Crippen LogP contribution >= 0.6 is 11.6 Å². The van der Waals surface area contributed by atoms with Crippen molar-refractivity contribution in [2.24, 2.45) is 0 Å². The van der Waals surface area contributed by atoms with E-state index in [0.717, 1.165) is 0 Å². The standard InChI is InChI=1S/C16H13ClFNO4/c1-9(15(21)19-12-5-3-11(18)4-6-12)23-16(22)13-8-10(17)2-7-14(13)20/h2-9,20H,1H3,(H,19,21)/t9-/m1/s1. The highest BCUT2D eigenvalue weighted by Gasteiger charge is 2.21. The van der Waals surface area contributed by atoms with E-state index in [1.807, 2.05) is 0 Å². The van der Waals surface area contributed by atoms with Gasteiger partial charge in [-0.15, -0.1) is 0 Å². The van der Waals surface area contributed by atoms with Crippen LogP contribution in [0, 0.1) is 5.82 Å². The lowest BCUT2D eigenvalue weighted by molar-refractivity contribution is -0.123. The number of rotatable bonds is 4. The number of carbonyl (C=O) groups is 2. The highest BCUT2D eigenvalue weighted by Crippen LogP contribution is 2.22. The van der Waals surface area contributed by atoms with Crippen molar-refractivity contribution in [2.75, 3.05) is 5.32 Å². The van der Waals surface area contributed by atoms with E-state index in [9.17, 15) is 19.1 Å². The van der Waals surface area contributed by atoms with Crippen molar-refractivity contribution in [2.45, 2.75) is 13.0 Å². The number of hydrogen-bond acceptors (Lipinski definition) is 4.